The Labute approximate surface area is 121 Å². The first-order chi connectivity index (χ1) is 9.58. The second-order valence-corrected chi connectivity index (χ2v) is 5.59. The summed E-state index contributed by atoms with van der Waals surface area (Å²) in [4.78, 5) is 17.1. The highest BCUT2D eigenvalue weighted by Gasteiger charge is 2.27. The lowest BCUT2D eigenvalue weighted by Gasteiger charge is -2.32. The molecule has 1 amide bonds. The van der Waals surface area contributed by atoms with Crippen LogP contribution in [0.4, 0.5) is 0 Å². The van der Waals surface area contributed by atoms with Crippen LogP contribution in [0.1, 0.15) is 42.0 Å². The van der Waals surface area contributed by atoms with Gasteiger partial charge >= 0.3 is 0 Å². The van der Waals surface area contributed by atoms with E-state index in [1.165, 1.54) is 0 Å². The monoisotopic (exact) mass is 278 g/mol. The highest BCUT2D eigenvalue weighted by atomic mass is 16.2. The number of aromatic nitrogens is 2. The number of carbonyl (C=O) groups excluding carboxylic acids is 1. The molecule has 1 fully saturated rings. The van der Waals surface area contributed by atoms with Crippen molar-refractivity contribution in [3.63, 3.8) is 0 Å². The molecule has 0 bridgehead atoms. The van der Waals surface area contributed by atoms with Crippen LogP contribution in [-0.2, 0) is 19.9 Å². The molecule has 112 valence electrons. The van der Waals surface area contributed by atoms with E-state index in [0.717, 1.165) is 62.4 Å². The van der Waals surface area contributed by atoms with Gasteiger partial charge in [-0.15, -0.1) is 0 Å². The maximum Gasteiger partial charge on any atom is 0.257 e. The van der Waals surface area contributed by atoms with E-state index in [1.807, 2.05) is 16.6 Å². The van der Waals surface area contributed by atoms with E-state index in [-0.39, 0.29) is 5.91 Å². The van der Waals surface area contributed by atoms with Gasteiger partial charge in [0, 0.05) is 33.2 Å². The number of nitrogens with zero attached hydrogens (tertiary/aromatic N) is 4. The average Bonchev–Trinajstić information content (AvgIpc) is 2.75. The van der Waals surface area contributed by atoms with Gasteiger partial charge in [0.1, 0.15) is 0 Å². The normalized spacial score (nSPS) is 16.7. The zero-order chi connectivity index (χ0) is 14.7. The number of rotatable bonds is 4. The maximum atomic E-state index is 12.8. The van der Waals surface area contributed by atoms with Gasteiger partial charge in [-0.05, 0) is 19.9 Å². The van der Waals surface area contributed by atoms with E-state index in [4.69, 9.17) is 0 Å². The molecule has 2 rings (SSSR count). The van der Waals surface area contributed by atoms with E-state index in [1.54, 1.807) is 0 Å². The Hall–Kier alpha value is -1.36. The van der Waals surface area contributed by atoms with Crippen molar-refractivity contribution in [2.45, 2.75) is 33.1 Å². The Balaban J connectivity index is 2.27. The van der Waals surface area contributed by atoms with E-state index >= 15 is 0 Å². The van der Waals surface area contributed by atoms with Crippen molar-refractivity contribution in [2.75, 3.05) is 33.2 Å². The van der Waals surface area contributed by atoms with Crippen LogP contribution >= 0.6 is 0 Å². The molecule has 0 aliphatic carbocycles. The molecule has 0 radical (unpaired) electrons. The van der Waals surface area contributed by atoms with Crippen molar-refractivity contribution >= 4 is 5.91 Å². The van der Waals surface area contributed by atoms with E-state index in [0.29, 0.717) is 0 Å². The van der Waals surface area contributed by atoms with Gasteiger partial charge in [0.25, 0.3) is 5.91 Å². The highest BCUT2D eigenvalue weighted by molar-refractivity contribution is 5.96. The lowest BCUT2D eigenvalue weighted by atomic mass is 10.1. The molecule has 0 spiro atoms. The minimum atomic E-state index is 0.173. The number of amides is 1. The molecule has 1 aliphatic rings. The van der Waals surface area contributed by atoms with Gasteiger partial charge < -0.3 is 9.80 Å². The third kappa shape index (κ3) is 2.87. The zero-order valence-corrected chi connectivity index (χ0v) is 13.1. The van der Waals surface area contributed by atoms with E-state index in [9.17, 15) is 4.79 Å². The molecule has 1 aromatic rings. The molecular weight excluding hydrogens is 252 g/mol. The summed E-state index contributed by atoms with van der Waals surface area (Å²) in [6, 6.07) is 0. The van der Waals surface area contributed by atoms with Crippen molar-refractivity contribution in [1.29, 1.82) is 0 Å². The molecule has 0 N–H and O–H groups in total. The molecule has 20 heavy (non-hydrogen) atoms. The van der Waals surface area contributed by atoms with Gasteiger partial charge in [-0.3, -0.25) is 9.48 Å². The lowest BCUT2D eigenvalue weighted by molar-refractivity contribution is 0.0662. The van der Waals surface area contributed by atoms with Crippen LogP contribution in [0.5, 0.6) is 0 Å². The van der Waals surface area contributed by atoms with E-state index < -0.39 is 0 Å². The first-order valence-corrected chi connectivity index (χ1v) is 7.61. The standard InChI is InChI=1S/C15H26N4O/c1-5-7-12-14(13(6-2)18(4)16-12)15(20)19-10-8-17(3)9-11-19/h5-11H2,1-4H3. The Morgan fingerprint density at radius 2 is 1.80 bits per heavy atom. The van der Waals surface area contributed by atoms with Gasteiger partial charge in [0.15, 0.2) is 0 Å². The quantitative estimate of drug-likeness (QED) is 0.834. The van der Waals surface area contributed by atoms with Crippen LogP contribution in [0.3, 0.4) is 0 Å². The molecule has 5 heteroatoms. The summed E-state index contributed by atoms with van der Waals surface area (Å²) >= 11 is 0. The Kier molecular flexibility index (Phi) is 4.81. The maximum absolute atomic E-state index is 12.8. The lowest BCUT2D eigenvalue weighted by Crippen LogP contribution is -2.47. The first-order valence-electron chi connectivity index (χ1n) is 7.61. The first kappa shape index (κ1) is 15.0. The van der Waals surface area contributed by atoms with Gasteiger partial charge in [0.2, 0.25) is 0 Å². The van der Waals surface area contributed by atoms with Gasteiger partial charge in [-0.25, -0.2) is 0 Å². The average molecular weight is 278 g/mol. The molecule has 1 aliphatic heterocycles. The Morgan fingerprint density at radius 1 is 1.15 bits per heavy atom. The van der Waals surface area contributed by atoms with Gasteiger partial charge in [0.05, 0.1) is 17.0 Å². The molecule has 5 nitrogen and oxygen atoms in total. The topological polar surface area (TPSA) is 41.4 Å². The third-order valence-corrected chi connectivity index (χ3v) is 4.06. The SMILES string of the molecule is CCCc1nn(C)c(CC)c1C(=O)N1CCN(C)CC1. The number of piperazine rings is 1. The minimum absolute atomic E-state index is 0.173. The zero-order valence-electron chi connectivity index (χ0n) is 13.1. The van der Waals surface area contributed by atoms with Crippen LogP contribution < -0.4 is 0 Å². The molecule has 1 saturated heterocycles. The summed E-state index contributed by atoms with van der Waals surface area (Å²) in [7, 11) is 4.05. The van der Waals surface area contributed by atoms with E-state index in [2.05, 4.69) is 30.9 Å². The summed E-state index contributed by atoms with van der Waals surface area (Å²) in [5.41, 5.74) is 2.90. The van der Waals surface area contributed by atoms with Crippen LogP contribution in [0.25, 0.3) is 0 Å². The smallest absolute Gasteiger partial charge is 0.257 e. The van der Waals surface area contributed by atoms with Gasteiger partial charge in [-0.2, -0.15) is 5.10 Å². The van der Waals surface area contributed by atoms with Crippen LogP contribution in [-0.4, -0.2) is 58.7 Å². The fraction of sp³-hybridized carbons (Fsp3) is 0.733. The van der Waals surface area contributed by atoms with Crippen molar-refractivity contribution in [1.82, 2.24) is 19.6 Å². The molecule has 0 atom stereocenters. The molecule has 2 heterocycles. The molecule has 0 saturated carbocycles. The molecule has 0 unspecified atom stereocenters. The van der Waals surface area contributed by atoms with Crippen molar-refractivity contribution in [3.8, 4) is 0 Å². The van der Waals surface area contributed by atoms with Crippen molar-refractivity contribution < 1.29 is 4.79 Å². The number of carbonyl (C=O) groups is 1. The summed E-state index contributed by atoms with van der Waals surface area (Å²) < 4.78 is 1.88. The second-order valence-electron chi connectivity index (χ2n) is 5.59. The van der Waals surface area contributed by atoms with Crippen molar-refractivity contribution in [3.05, 3.63) is 17.0 Å². The predicted molar refractivity (Wildman–Crippen MR) is 80.0 cm³/mol. The second kappa shape index (κ2) is 6.39. The van der Waals surface area contributed by atoms with Gasteiger partial charge in [-0.1, -0.05) is 20.3 Å². The summed E-state index contributed by atoms with van der Waals surface area (Å²) in [6.07, 6.45) is 2.74. The fourth-order valence-electron chi connectivity index (χ4n) is 2.85. The van der Waals surface area contributed by atoms with Crippen molar-refractivity contribution in [2.24, 2.45) is 7.05 Å². The minimum Gasteiger partial charge on any atom is -0.336 e. The molecule has 1 aromatic heterocycles. The largest absolute Gasteiger partial charge is 0.336 e. The number of likely N-dealkylation sites (N-methyl/N-ethyl adjacent to an activating group) is 1. The van der Waals surface area contributed by atoms with Crippen LogP contribution in [0.15, 0.2) is 0 Å². The summed E-state index contributed by atoms with van der Waals surface area (Å²) in [5, 5.41) is 4.56. The number of hydrogen-bond donors (Lipinski definition) is 0. The number of hydrogen-bond acceptors (Lipinski definition) is 3. The van der Waals surface area contributed by atoms with Crippen LogP contribution in [0, 0.1) is 0 Å². The highest BCUT2D eigenvalue weighted by Crippen LogP contribution is 2.19. The Morgan fingerprint density at radius 3 is 2.35 bits per heavy atom. The number of aryl methyl sites for hydroxylation is 2. The predicted octanol–water partition coefficient (Wildman–Crippen LogP) is 1.32. The third-order valence-electron chi connectivity index (χ3n) is 4.06. The molecular formula is C15H26N4O. The van der Waals surface area contributed by atoms with Crippen LogP contribution in [0.2, 0.25) is 0 Å². The summed E-state index contributed by atoms with van der Waals surface area (Å²) in [6.45, 7) is 7.77. The molecule has 0 aromatic carbocycles. The fourth-order valence-corrected chi connectivity index (χ4v) is 2.85. The Bertz CT molecular complexity index is 472. The summed E-state index contributed by atoms with van der Waals surface area (Å²) in [5.74, 6) is 0.173.